The van der Waals surface area contributed by atoms with Crippen LogP contribution in [-0.4, -0.2) is 49.8 Å². The maximum Gasteiger partial charge on any atom is 0.416 e. The van der Waals surface area contributed by atoms with Crippen molar-refractivity contribution in [3.8, 4) is 11.5 Å². The Kier molecular flexibility index (Phi) is 4.40. The lowest BCUT2D eigenvalue weighted by atomic mass is 9.97. The second kappa shape index (κ2) is 6.88. The minimum atomic E-state index is -4.52. The smallest absolute Gasteiger partial charge is 0.377 e. The summed E-state index contributed by atoms with van der Waals surface area (Å²) < 4.78 is 47.6. The van der Waals surface area contributed by atoms with Crippen molar-refractivity contribution in [2.45, 2.75) is 31.7 Å². The van der Waals surface area contributed by atoms with E-state index in [2.05, 4.69) is 15.2 Å². The quantitative estimate of drug-likeness (QED) is 0.618. The lowest BCUT2D eigenvalue weighted by Crippen LogP contribution is -2.56. The highest BCUT2D eigenvalue weighted by Crippen LogP contribution is 2.38. The van der Waals surface area contributed by atoms with E-state index in [0.717, 1.165) is 6.07 Å². The van der Waals surface area contributed by atoms with Crippen molar-refractivity contribution in [3.63, 3.8) is 0 Å². The second-order valence-electron chi connectivity index (χ2n) is 7.26. The summed E-state index contributed by atoms with van der Waals surface area (Å²) in [4.78, 5) is 19.3. The van der Waals surface area contributed by atoms with E-state index in [4.69, 9.17) is 4.74 Å². The molecule has 1 amide bonds. The van der Waals surface area contributed by atoms with Gasteiger partial charge in [-0.2, -0.15) is 13.2 Å². The topological polar surface area (TPSA) is 73.1 Å². The van der Waals surface area contributed by atoms with E-state index in [0.29, 0.717) is 23.9 Å². The van der Waals surface area contributed by atoms with Gasteiger partial charge in [0.2, 0.25) is 0 Å². The summed E-state index contributed by atoms with van der Waals surface area (Å²) in [5.74, 6) is 0.707. The summed E-state index contributed by atoms with van der Waals surface area (Å²) in [6.07, 6.45) is -4.52. The number of amides is 1. The van der Waals surface area contributed by atoms with E-state index < -0.39 is 23.7 Å². The van der Waals surface area contributed by atoms with Gasteiger partial charge in [0.05, 0.1) is 30.3 Å². The molecule has 2 aliphatic heterocycles. The fourth-order valence-corrected chi connectivity index (χ4v) is 4.69. The standard InChI is InChI=1S/C19H16F3N5O2S/c1-10-12(3-2-4-13(10)19(20,21)22)18(28)27-11-5-26-16(14-8-30-9-23-14)24-25-17(26)15(27)7-29-6-11/h2-4,8-9,11,15H,5-7H2,1H3. The van der Waals surface area contributed by atoms with Gasteiger partial charge in [-0.1, -0.05) is 6.07 Å². The third kappa shape index (κ3) is 2.91. The van der Waals surface area contributed by atoms with Gasteiger partial charge in [0.1, 0.15) is 11.7 Å². The number of ether oxygens (including phenoxy) is 1. The predicted molar refractivity (Wildman–Crippen MR) is 101 cm³/mol. The molecular formula is C19H16F3N5O2S. The Balaban J connectivity index is 1.55. The number of nitrogens with zero attached hydrogens (tertiary/aromatic N) is 5. The molecule has 0 spiro atoms. The van der Waals surface area contributed by atoms with E-state index in [-0.39, 0.29) is 30.4 Å². The molecule has 2 atom stereocenters. The second-order valence-corrected chi connectivity index (χ2v) is 7.98. The number of hydrogen-bond donors (Lipinski definition) is 0. The minimum Gasteiger partial charge on any atom is -0.377 e. The molecule has 5 rings (SSSR count). The van der Waals surface area contributed by atoms with Crippen molar-refractivity contribution in [1.29, 1.82) is 0 Å². The van der Waals surface area contributed by atoms with Crippen molar-refractivity contribution in [2.75, 3.05) is 13.2 Å². The molecule has 0 aliphatic carbocycles. The van der Waals surface area contributed by atoms with Crippen LogP contribution in [0.5, 0.6) is 0 Å². The Morgan fingerprint density at radius 1 is 1.27 bits per heavy atom. The summed E-state index contributed by atoms with van der Waals surface area (Å²) in [7, 11) is 0. The zero-order valence-electron chi connectivity index (χ0n) is 15.8. The summed E-state index contributed by atoms with van der Waals surface area (Å²) in [5, 5.41) is 10.4. The molecule has 30 heavy (non-hydrogen) atoms. The third-order valence-corrected chi connectivity index (χ3v) is 6.14. The van der Waals surface area contributed by atoms with E-state index in [9.17, 15) is 18.0 Å². The average Bonchev–Trinajstić information content (AvgIpc) is 3.35. The molecule has 2 aromatic heterocycles. The van der Waals surface area contributed by atoms with Crippen molar-refractivity contribution >= 4 is 17.2 Å². The van der Waals surface area contributed by atoms with Gasteiger partial charge in [-0.05, 0) is 24.6 Å². The molecule has 3 aromatic rings. The van der Waals surface area contributed by atoms with Gasteiger partial charge in [-0.3, -0.25) is 4.79 Å². The Morgan fingerprint density at radius 2 is 2.10 bits per heavy atom. The van der Waals surface area contributed by atoms with Crippen LogP contribution in [0.15, 0.2) is 29.1 Å². The molecule has 1 fully saturated rings. The molecule has 2 bridgehead atoms. The van der Waals surface area contributed by atoms with E-state index in [1.165, 1.54) is 30.4 Å². The normalized spacial score (nSPS) is 20.9. The first kappa shape index (κ1) is 19.2. The molecular weight excluding hydrogens is 419 g/mol. The minimum absolute atomic E-state index is 0.0365. The van der Waals surface area contributed by atoms with Crippen LogP contribution in [0.4, 0.5) is 13.2 Å². The van der Waals surface area contributed by atoms with Crippen LogP contribution >= 0.6 is 11.3 Å². The van der Waals surface area contributed by atoms with Gasteiger partial charge in [0, 0.05) is 17.5 Å². The van der Waals surface area contributed by atoms with Crippen LogP contribution in [0, 0.1) is 6.92 Å². The number of carbonyl (C=O) groups excluding carboxylic acids is 1. The molecule has 156 valence electrons. The molecule has 2 unspecified atom stereocenters. The van der Waals surface area contributed by atoms with Gasteiger partial charge in [-0.15, -0.1) is 21.5 Å². The number of morpholine rings is 1. The zero-order valence-corrected chi connectivity index (χ0v) is 16.6. The van der Waals surface area contributed by atoms with E-state index in [1.807, 2.05) is 9.95 Å². The lowest BCUT2D eigenvalue weighted by molar-refractivity contribution is -0.138. The molecule has 11 heteroatoms. The predicted octanol–water partition coefficient (Wildman–Crippen LogP) is 3.32. The Labute approximate surface area is 173 Å². The van der Waals surface area contributed by atoms with Gasteiger partial charge in [0.25, 0.3) is 5.91 Å². The van der Waals surface area contributed by atoms with Gasteiger partial charge in [0.15, 0.2) is 11.6 Å². The first-order valence-corrected chi connectivity index (χ1v) is 10.2. The van der Waals surface area contributed by atoms with Crippen LogP contribution in [0.2, 0.25) is 0 Å². The van der Waals surface area contributed by atoms with E-state index in [1.54, 1.807) is 10.4 Å². The number of aromatic nitrogens is 4. The summed E-state index contributed by atoms with van der Waals surface area (Å²) >= 11 is 1.44. The van der Waals surface area contributed by atoms with Crippen LogP contribution in [0.1, 0.15) is 33.4 Å². The monoisotopic (exact) mass is 435 g/mol. The zero-order chi connectivity index (χ0) is 21.0. The first-order valence-electron chi connectivity index (χ1n) is 9.25. The van der Waals surface area contributed by atoms with Crippen molar-refractivity contribution < 1.29 is 22.7 Å². The molecule has 0 saturated carbocycles. The Hall–Kier alpha value is -2.79. The summed E-state index contributed by atoms with van der Waals surface area (Å²) in [6, 6.07) is 2.82. The highest BCUT2D eigenvalue weighted by atomic mass is 32.1. The number of hydrogen-bond acceptors (Lipinski definition) is 6. The number of fused-ring (bicyclic) bond motifs is 4. The first-order chi connectivity index (χ1) is 14.4. The van der Waals surface area contributed by atoms with Crippen LogP contribution < -0.4 is 0 Å². The summed E-state index contributed by atoms with van der Waals surface area (Å²) in [6.45, 7) is 2.20. The average molecular weight is 435 g/mol. The highest BCUT2D eigenvalue weighted by molar-refractivity contribution is 7.07. The number of carbonyl (C=O) groups is 1. The molecule has 4 heterocycles. The number of halogens is 3. The number of alkyl halides is 3. The molecule has 7 nitrogen and oxygen atoms in total. The van der Waals surface area contributed by atoms with Crippen molar-refractivity contribution in [3.05, 3.63) is 51.6 Å². The SMILES string of the molecule is Cc1c(C(=O)N2C3COCC2c2nnc(-c4cscn4)n2C3)cccc1C(F)(F)F. The van der Waals surface area contributed by atoms with Crippen LogP contribution in [0.25, 0.3) is 11.5 Å². The highest BCUT2D eigenvalue weighted by Gasteiger charge is 2.45. The van der Waals surface area contributed by atoms with Crippen molar-refractivity contribution in [2.24, 2.45) is 0 Å². The fourth-order valence-electron chi connectivity index (χ4n) is 4.16. The lowest BCUT2D eigenvalue weighted by Gasteiger charge is -2.45. The van der Waals surface area contributed by atoms with Crippen molar-refractivity contribution in [1.82, 2.24) is 24.6 Å². The molecule has 0 N–H and O–H groups in total. The molecule has 2 aliphatic rings. The summed E-state index contributed by atoms with van der Waals surface area (Å²) in [5.41, 5.74) is 1.56. The molecule has 1 saturated heterocycles. The largest absolute Gasteiger partial charge is 0.416 e. The molecule has 1 aromatic carbocycles. The Bertz CT molecular complexity index is 1110. The van der Waals surface area contributed by atoms with Crippen LogP contribution in [0.3, 0.4) is 0 Å². The number of thiazole rings is 1. The maximum absolute atomic E-state index is 13.4. The number of rotatable bonds is 2. The third-order valence-electron chi connectivity index (χ3n) is 5.55. The van der Waals surface area contributed by atoms with Crippen LogP contribution in [-0.2, 0) is 17.5 Å². The van der Waals surface area contributed by atoms with Gasteiger partial charge >= 0.3 is 6.18 Å². The van der Waals surface area contributed by atoms with Gasteiger partial charge < -0.3 is 14.2 Å². The maximum atomic E-state index is 13.4. The van der Waals surface area contributed by atoms with Gasteiger partial charge in [-0.25, -0.2) is 4.98 Å². The Morgan fingerprint density at radius 3 is 2.83 bits per heavy atom. The molecule has 0 radical (unpaired) electrons. The fraction of sp³-hybridized carbons (Fsp3) is 0.368. The number of benzene rings is 1. The van der Waals surface area contributed by atoms with E-state index >= 15 is 0 Å².